The monoisotopic (exact) mass is 231 g/mol. The molecule has 1 saturated carbocycles. The Morgan fingerprint density at radius 2 is 2.12 bits per heavy atom. The van der Waals surface area contributed by atoms with E-state index in [0.29, 0.717) is 18.3 Å². The van der Waals surface area contributed by atoms with E-state index in [-0.39, 0.29) is 0 Å². The zero-order chi connectivity index (χ0) is 11.7. The number of aromatic nitrogens is 2. The van der Waals surface area contributed by atoms with Crippen LogP contribution >= 0.6 is 0 Å². The number of nitriles is 1. The van der Waals surface area contributed by atoms with Gasteiger partial charge in [0, 0.05) is 17.7 Å². The second-order valence-corrected chi connectivity index (χ2v) is 4.92. The first-order valence-electron chi connectivity index (χ1n) is 6.48. The van der Waals surface area contributed by atoms with E-state index in [1.54, 1.807) is 0 Å². The van der Waals surface area contributed by atoms with Crippen molar-refractivity contribution in [1.82, 2.24) is 9.78 Å². The Kier molecular flexibility index (Phi) is 2.86. The van der Waals surface area contributed by atoms with Crippen molar-refractivity contribution < 1.29 is 4.74 Å². The third-order valence-electron chi connectivity index (χ3n) is 3.87. The molecular formula is C13H17N3O. The summed E-state index contributed by atoms with van der Waals surface area (Å²) in [5, 5.41) is 13.6. The van der Waals surface area contributed by atoms with Crippen LogP contribution in [0.25, 0.3) is 0 Å². The molecule has 1 aliphatic carbocycles. The van der Waals surface area contributed by atoms with E-state index in [4.69, 9.17) is 10.00 Å². The Morgan fingerprint density at radius 1 is 1.29 bits per heavy atom. The first-order valence-corrected chi connectivity index (χ1v) is 6.48. The van der Waals surface area contributed by atoms with E-state index in [1.165, 1.54) is 37.8 Å². The molecule has 2 heterocycles. The summed E-state index contributed by atoms with van der Waals surface area (Å²) in [6, 6.07) is 2.71. The normalized spacial score (nSPS) is 20.9. The predicted molar refractivity (Wildman–Crippen MR) is 62.4 cm³/mol. The summed E-state index contributed by atoms with van der Waals surface area (Å²) in [4.78, 5) is 0. The number of hydrogen-bond acceptors (Lipinski definition) is 3. The fourth-order valence-corrected chi connectivity index (χ4v) is 2.98. The van der Waals surface area contributed by atoms with E-state index in [9.17, 15) is 0 Å². The summed E-state index contributed by atoms with van der Waals surface area (Å²) in [7, 11) is 0. The van der Waals surface area contributed by atoms with Gasteiger partial charge in [-0.05, 0) is 12.8 Å². The molecule has 1 aliphatic heterocycles. The molecule has 0 radical (unpaired) electrons. The third-order valence-corrected chi connectivity index (χ3v) is 3.87. The van der Waals surface area contributed by atoms with Crippen molar-refractivity contribution >= 4 is 0 Å². The van der Waals surface area contributed by atoms with Gasteiger partial charge in [0.05, 0.1) is 19.3 Å². The van der Waals surface area contributed by atoms with Gasteiger partial charge < -0.3 is 4.74 Å². The molecule has 1 aromatic rings. The topological polar surface area (TPSA) is 50.8 Å². The number of fused-ring (bicyclic) bond motifs is 1. The molecule has 2 aliphatic rings. The van der Waals surface area contributed by atoms with Gasteiger partial charge in [-0.2, -0.15) is 10.4 Å². The summed E-state index contributed by atoms with van der Waals surface area (Å²) in [5.41, 5.74) is 2.86. The average Bonchev–Trinajstić information content (AvgIpc) is 2.78. The minimum absolute atomic E-state index is 0.512. The first kappa shape index (κ1) is 10.8. The minimum atomic E-state index is 0.512. The van der Waals surface area contributed by atoms with Crippen molar-refractivity contribution in [3.63, 3.8) is 0 Å². The highest BCUT2D eigenvalue weighted by Crippen LogP contribution is 2.31. The molecular weight excluding hydrogens is 214 g/mol. The Morgan fingerprint density at radius 3 is 2.88 bits per heavy atom. The van der Waals surface area contributed by atoms with E-state index in [1.807, 2.05) is 0 Å². The lowest BCUT2D eigenvalue weighted by molar-refractivity contribution is 0.107. The first-order chi connectivity index (χ1) is 8.40. The molecule has 0 aromatic carbocycles. The van der Waals surface area contributed by atoms with E-state index in [2.05, 4.69) is 15.8 Å². The highest BCUT2D eigenvalue weighted by molar-refractivity contribution is 5.36. The fourth-order valence-electron chi connectivity index (χ4n) is 2.98. The molecule has 1 aromatic heterocycles. The summed E-state index contributed by atoms with van der Waals surface area (Å²) in [5.74, 6) is 0. The SMILES string of the molecule is N#Cc1nn(C2CCCCC2)c2c1COCC2. The van der Waals surface area contributed by atoms with Gasteiger partial charge >= 0.3 is 0 Å². The van der Waals surface area contributed by atoms with Crippen LogP contribution < -0.4 is 0 Å². The average molecular weight is 231 g/mol. The Bertz CT molecular complexity index is 452. The molecule has 3 rings (SSSR count). The van der Waals surface area contributed by atoms with Gasteiger partial charge in [-0.1, -0.05) is 19.3 Å². The molecule has 0 atom stereocenters. The lowest BCUT2D eigenvalue weighted by atomic mass is 9.95. The van der Waals surface area contributed by atoms with Gasteiger partial charge in [0.2, 0.25) is 0 Å². The number of ether oxygens (including phenoxy) is 1. The van der Waals surface area contributed by atoms with Crippen LogP contribution in [0.5, 0.6) is 0 Å². The van der Waals surface area contributed by atoms with Gasteiger partial charge in [-0.25, -0.2) is 0 Å². The summed E-state index contributed by atoms with van der Waals surface area (Å²) >= 11 is 0. The Hall–Kier alpha value is -1.34. The molecule has 0 spiro atoms. The van der Waals surface area contributed by atoms with Crippen LogP contribution in [0.3, 0.4) is 0 Å². The maximum Gasteiger partial charge on any atom is 0.168 e. The standard InChI is InChI=1S/C13H17N3O/c14-8-12-11-9-17-7-6-13(11)16(15-12)10-4-2-1-3-5-10/h10H,1-7,9H2. The van der Waals surface area contributed by atoms with Crippen molar-refractivity contribution in [3.8, 4) is 6.07 Å². The van der Waals surface area contributed by atoms with Crippen LogP contribution in [-0.2, 0) is 17.8 Å². The molecule has 0 bridgehead atoms. The van der Waals surface area contributed by atoms with Crippen LogP contribution in [0.1, 0.15) is 55.1 Å². The van der Waals surface area contributed by atoms with Crippen molar-refractivity contribution in [2.75, 3.05) is 6.61 Å². The van der Waals surface area contributed by atoms with E-state index < -0.39 is 0 Å². The molecule has 0 amide bonds. The fraction of sp³-hybridized carbons (Fsp3) is 0.692. The van der Waals surface area contributed by atoms with Crippen molar-refractivity contribution in [1.29, 1.82) is 5.26 Å². The van der Waals surface area contributed by atoms with Gasteiger partial charge in [0.15, 0.2) is 5.69 Å². The molecule has 4 heteroatoms. The molecule has 1 fully saturated rings. The molecule has 0 saturated heterocycles. The zero-order valence-corrected chi connectivity index (χ0v) is 9.98. The third kappa shape index (κ3) is 1.85. The molecule has 4 nitrogen and oxygen atoms in total. The summed E-state index contributed by atoms with van der Waals surface area (Å²) < 4.78 is 7.57. The van der Waals surface area contributed by atoms with E-state index in [0.717, 1.165) is 18.6 Å². The maximum atomic E-state index is 9.12. The van der Waals surface area contributed by atoms with Gasteiger partial charge in [-0.15, -0.1) is 0 Å². The van der Waals surface area contributed by atoms with Gasteiger partial charge in [-0.3, -0.25) is 4.68 Å². The lowest BCUT2D eigenvalue weighted by Gasteiger charge is -2.25. The molecule has 17 heavy (non-hydrogen) atoms. The van der Waals surface area contributed by atoms with Crippen molar-refractivity contribution in [3.05, 3.63) is 17.0 Å². The zero-order valence-electron chi connectivity index (χ0n) is 9.98. The Balaban J connectivity index is 1.98. The maximum absolute atomic E-state index is 9.12. The number of nitrogens with zero attached hydrogens (tertiary/aromatic N) is 3. The lowest BCUT2D eigenvalue weighted by Crippen LogP contribution is -2.19. The van der Waals surface area contributed by atoms with Crippen LogP contribution in [0.4, 0.5) is 0 Å². The number of hydrogen-bond donors (Lipinski definition) is 0. The van der Waals surface area contributed by atoms with Crippen LogP contribution in [0, 0.1) is 11.3 Å². The van der Waals surface area contributed by atoms with Gasteiger partial charge in [0.25, 0.3) is 0 Å². The quantitative estimate of drug-likeness (QED) is 0.745. The smallest absolute Gasteiger partial charge is 0.168 e. The number of rotatable bonds is 1. The predicted octanol–water partition coefficient (Wildman–Crippen LogP) is 2.33. The van der Waals surface area contributed by atoms with Crippen LogP contribution in [0.15, 0.2) is 0 Å². The highest BCUT2D eigenvalue weighted by atomic mass is 16.5. The van der Waals surface area contributed by atoms with Crippen LogP contribution in [-0.4, -0.2) is 16.4 Å². The van der Waals surface area contributed by atoms with E-state index >= 15 is 0 Å². The highest BCUT2D eigenvalue weighted by Gasteiger charge is 2.26. The summed E-state index contributed by atoms with van der Waals surface area (Å²) in [6.07, 6.45) is 7.24. The second-order valence-electron chi connectivity index (χ2n) is 4.92. The molecule has 0 N–H and O–H groups in total. The minimum Gasteiger partial charge on any atom is -0.376 e. The molecule has 0 unspecified atom stereocenters. The largest absolute Gasteiger partial charge is 0.376 e. The van der Waals surface area contributed by atoms with Crippen molar-refractivity contribution in [2.24, 2.45) is 0 Å². The van der Waals surface area contributed by atoms with Crippen molar-refractivity contribution in [2.45, 2.75) is 51.2 Å². The van der Waals surface area contributed by atoms with Crippen LogP contribution in [0.2, 0.25) is 0 Å². The molecule has 90 valence electrons. The summed E-state index contributed by atoms with van der Waals surface area (Å²) in [6.45, 7) is 1.32. The van der Waals surface area contributed by atoms with Gasteiger partial charge in [0.1, 0.15) is 6.07 Å². The second kappa shape index (κ2) is 4.50. The Labute approximate surface area is 101 Å².